The molecular weight excluding hydrogens is 242 g/mol. The lowest BCUT2D eigenvalue weighted by Crippen LogP contribution is -2.32. The molecule has 96 valence electrons. The van der Waals surface area contributed by atoms with Gasteiger partial charge in [-0.2, -0.15) is 0 Å². The molecule has 0 aromatic heterocycles. The zero-order valence-corrected chi connectivity index (χ0v) is 10.7. The lowest BCUT2D eigenvalue weighted by atomic mass is 10.1. The summed E-state index contributed by atoms with van der Waals surface area (Å²) in [6, 6.07) is 6.46. The molecule has 0 aliphatic carbocycles. The van der Waals surface area contributed by atoms with Crippen LogP contribution in [0.3, 0.4) is 0 Å². The number of ether oxygens (including phenoxy) is 1. The maximum atomic E-state index is 10.7. The molecule has 1 aromatic rings. The van der Waals surface area contributed by atoms with E-state index in [1.54, 1.807) is 0 Å². The van der Waals surface area contributed by atoms with Crippen molar-refractivity contribution < 1.29 is 14.6 Å². The summed E-state index contributed by atoms with van der Waals surface area (Å²) in [6.07, 6.45) is 0.334. The van der Waals surface area contributed by atoms with Crippen LogP contribution in [-0.4, -0.2) is 23.2 Å². The van der Waals surface area contributed by atoms with Crippen LogP contribution in [0.1, 0.15) is 19.4 Å². The first-order valence-corrected chi connectivity index (χ1v) is 5.23. The van der Waals surface area contributed by atoms with Crippen LogP contribution in [0.25, 0.3) is 0 Å². The Morgan fingerprint density at radius 1 is 1.41 bits per heavy atom. The van der Waals surface area contributed by atoms with E-state index in [2.05, 4.69) is 0 Å². The van der Waals surface area contributed by atoms with Crippen LogP contribution >= 0.6 is 12.4 Å². The number of carboxylic acids is 1. The van der Waals surface area contributed by atoms with Crippen LogP contribution in [0, 0.1) is 0 Å². The van der Waals surface area contributed by atoms with Crippen molar-refractivity contribution in [2.75, 3.05) is 0 Å². The van der Waals surface area contributed by atoms with Gasteiger partial charge in [0.1, 0.15) is 11.8 Å². The maximum Gasteiger partial charge on any atom is 0.320 e. The summed E-state index contributed by atoms with van der Waals surface area (Å²) in [5, 5.41) is 8.75. The lowest BCUT2D eigenvalue weighted by Gasteiger charge is -2.15. The second kappa shape index (κ2) is 7.14. The summed E-state index contributed by atoms with van der Waals surface area (Å²) < 4.78 is 5.58. The van der Waals surface area contributed by atoms with E-state index in [1.807, 2.05) is 38.1 Å². The van der Waals surface area contributed by atoms with E-state index in [-0.39, 0.29) is 24.9 Å². The van der Waals surface area contributed by atoms with Crippen LogP contribution < -0.4 is 10.5 Å². The van der Waals surface area contributed by atoms with Crippen molar-refractivity contribution in [2.24, 2.45) is 5.73 Å². The number of hydrogen-bond donors (Lipinski definition) is 2. The topological polar surface area (TPSA) is 72.5 Å². The molecular formula is C12H18ClNO3. The Labute approximate surface area is 107 Å². The van der Waals surface area contributed by atoms with Crippen molar-refractivity contribution >= 4 is 18.4 Å². The number of carbonyl (C=O) groups is 1. The third-order valence-corrected chi connectivity index (χ3v) is 2.09. The fraction of sp³-hybridized carbons (Fsp3) is 0.417. The zero-order chi connectivity index (χ0) is 12.1. The number of nitrogens with two attached hydrogens (primary N) is 1. The average Bonchev–Trinajstić information content (AvgIpc) is 2.20. The SMILES string of the molecule is CC(C)Oc1ccccc1CC(N)C(=O)O.Cl. The third kappa shape index (κ3) is 5.06. The van der Waals surface area contributed by atoms with Crippen molar-refractivity contribution in [3.05, 3.63) is 29.8 Å². The highest BCUT2D eigenvalue weighted by Crippen LogP contribution is 2.20. The predicted octanol–water partition coefficient (Wildman–Crippen LogP) is 1.85. The predicted molar refractivity (Wildman–Crippen MR) is 68.8 cm³/mol. The Hall–Kier alpha value is -1.26. The van der Waals surface area contributed by atoms with Crippen LogP contribution in [0.15, 0.2) is 24.3 Å². The maximum absolute atomic E-state index is 10.7. The van der Waals surface area contributed by atoms with E-state index in [1.165, 1.54) is 0 Å². The Morgan fingerprint density at radius 2 is 2.00 bits per heavy atom. The highest BCUT2D eigenvalue weighted by atomic mass is 35.5. The van der Waals surface area contributed by atoms with Gasteiger partial charge in [0.15, 0.2) is 0 Å². The fourth-order valence-electron chi connectivity index (χ4n) is 1.37. The highest BCUT2D eigenvalue weighted by molar-refractivity contribution is 5.85. The van der Waals surface area contributed by atoms with Crippen molar-refractivity contribution in [2.45, 2.75) is 32.4 Å². The molecule has 1 aromatic carbocycles. The van der Waals surface area contributed by atoms with E-state index in [9.17, 15) is 4.79 Å². The van der Waals surface area contributed by atoms with E-state index < -0.39 is 12.0 Å². The van der Waals surface area contributed by atoms with Gasteiger partial charge in [-0.05, 0) is 25.5 Å². The summed E-state index contributed by atoms with van der Waals surface area (Å²) >= 11 is 0. The average molecular weight is 260 g/mol. The molecule has 0 radical (unpaired) electrons. The second-order valence-electron chi connectivity index (χ2n) is 3.92. The molecule has 3 N–H and O–H groups in total. The summed E-state index contributed by atoms with van der Waals surface area (Å²) in [5.41, 5.74) is 6.32. The molecule has 0 aliphatic heterocycles. The minimum absolute atomic E-state index is 0. The second-order valence-corrected chi connectivity index (χ2v) is 3.92. The summed E-state index contributed by atoms with van der Waals surface area (Å²) in [7, 11) is 0. The zero-order valence-electron chi connectivity index (χ0n) is 9.92. The number of hydrogen-bond acceptors (Lipinski definition) is 3. The van der Waals surface area contributed by atoms with Gasteiger partial charge < -0.3 is 15.6 Å². The van der Waals surface area contributed by atoms with E-state index in [4.69, 9.17) is 15.6 Å². The van der Waals surface area contributed by atoms with Crippen LogP contribution in [-0.2, 0) is 11.2 Å². The molecule has 1 unspecified atom stereocenters. The van der Waals surface area contributed by atoms with Crippen molar-refractivity contribution in [3.8, 4) is 5.75 Å². The third-order valence-electron chi connectivity index (χ3n) is 2.09. The molecule has 0 fully saturated rings. The van der Waals surface area contributed by atoms with Crippen molar-refractivity contribution in [1.82, 2.24) is 0 Å². The van der Waals surface area contributed by atoms with Gasteiger partial charge in [-0.1, -0.05) is 18.2 Å². The summed E-state index contributed by atoms with van der Waals surface area (Å²) in [6.45, 7) is 3.85. The molecule has 0 spiro atoms. The van der Waals surface area contributed by atoms with Gasteiger partial charge in [-0.3, -0.25) is 4.79 Å². The van der Waals surface area contributed by atoms with Gasteiger partial charge in [0.05, 0.1) is 6.10 Å². The standard InChI is InChI=1S/C12H17NO3.ClH/c1-8(2)16-11-6-4-3-5-9(11)7-10(13)12(14)15;/h3-6,8,10H,7,13H2,1-2H3,(H,14,15);1H. The van der Waals surface area contributed by atoms with Gasteiger partial charge >= 0.3 is 5.97 Å². The Kier molecular flexibility index (Phi) is 6.61. The molecule has 0 aliphatic rings. The van der Waals surface area contributed by atoms with Gasteiger partial charge in [-0.15, -0.1) is 12.4 Å². The molecule has 0 bridgehead atoms. The molecule has 5 heteroatoms. The van der Waals surface area contributed by atoms with E-state index in [0.717, 1.165) is 5.56 Å². The minimum Gasteiger partial charge on any atom is -0.491 e. The largest absolute Gasteiger partial charge is 0.491 e. The fourth-order valence-corrected chi connectivity index (χ4v) is 1.37. The molecule has 0 saturated carbocycles. The first kappa shape index (κ1) is 15.7. The quantitative estimate of drug-likeness (QED) is 0.847. The molecule has 0 saturated heterocycles. The summed E-state index contributed by atoms with van der Waals surface area (Å²) in [5.74, 6) is -0.298. The van der Waals surface area contributed by atoms with Crippen molar-refractivity contribution in [3.63, 3.8) is 0 Å². The van der Waals surface area contributed by atoms with Gasteiger partial charge in [0.2, 0.25) is 0 Å². The number of benzene rings is 1. The van der Waals surface area contributed by atoms with Crippen LogP contribution in [0.5, 0.6) is 5.75 Å². The molecule has 0 amide bonds. The Balaban J connectivity index is 0.00000256. The van der Waals surface area contributed by atoms with Gasteiger partial charge in [0, 0.05) is 6.42 Å². The van der Waals surface area contributed by atoms with Crippen molar-refractivity contribution in [1.29, 1.82) is 0 Å². The molecule has 17 heavy (non-hydrogen) atoms. The highest BCUT2D eigenvalue weighted by Gasteiger charge is 2.15. The number of para-hydroxylation sites is 1. The van der Waals surface area contributed by atoms with E-state index in [0.29, 0.717) is 5.75 Å². The van der Waals surface area contributed by atoms with Gasteiger partial charge in [-0.25, -0.2) is 0 Å². The molecule has 1 atom stereocenters. The molecule has 4 nitrogen and oxygen atoms in total. The number of carboxylic acid groups (broad SMARTS) is 1. The lowest BCUT2D eigenvalue weighted by molar-refractivity contribution is -0.138. The van der Waals surface area contributed by atoms with Gasteiger partial charge in [0.25, 0.3) is 0 Å². The number of rotatable bonds is 5. The molecule has 0 heterocycles. The Bertz CT molecular complexity index is 369. The molecule has 1 rings (SSSR count). The monoisotopic (exact) mass is 259 g/mol. The van der Waals surface area contributed by atoms with Crippen LogP contribution in [0.2, 0.25) is 0 Å². The first-order valence-electron chi connectivity index (χ1n) is 5.23. The number of halogens is 1. The van der Waals surface area contributed by atoms with Crippen LogP contribution in [0.4, 0.5) is 0 Å². The normalized spacial score (nSPS) is 11.8. The first-order chi connectivity index (χ1) is 7.50. The summed E-state index contributed by atoms with van der Waals surface area (Å²) in [4.78, 5) is 10.7. The minimum atomic E-state index is -1.00. The smallest absolute Gasteiger partial charge is 0.320 e. The number of aliphatic carboxylic acids is 1. The van der Waals surface area contributed by atoms with E-state index >= 15 is 0 Å². The Morgan fingerprint density at radius 3 is 2.53 bits per heavy atom.